The summed E-state index contributed by atoms with van der Waals surface area (Å²) in [6.07, 6.45) is 8.11. The Kier molecular flexibility index (Phi) is 7.61. The summed E-state index contributed by atoms with van der Waals surface area (Å²) in [6, 6.07) is 23.7. The molecule has 7 heteroatoms. The van der Waals surface area contributed by atoms with Crippen molar-refractivity contribution in [2.45, 2.75) is 31.7 Å². The van der Waals surface area contributed by atoms with Crippen LogP contribution in [0.15, 0.2) is 99.4 Å². The minimum atomic E-state index is -0.234. The molecule has 0 fully saturated rings. The second-order valence-electron chi connectivity index (χ2n) is 10.2. The van der Waals surface area contributed by atoms with E-state index in [2.05, 4.69) is 30.3 Å². The van der Waals surface area contributed by atoms with Crippen molar-refractivity contribution >= 4 is 23.5 Å². The van der Waals surface area contributed by atoms with E-state index >= 15 is 0 Å². The number of benzene rings is 3. The first kappa shape index (κ1) is 26.8. The van der Waals surface area contributed by atoms with Gasteiger partial charge in [0, 0.05) is 0 Å². The molecule has 0 amide bonds. The Balaban J connectivity index is 1.54. The number of nitrogens with zero attached hydrogens (tertiary/aromatic N) is 2. The van der Waals surface area contributed by atoms with Crippen LogP contribution in [0.4, 0.5) is 0 Å². The molecule has 0 bridgehead atoms. The smallest absolute Gasteiger partial charge is 0.271 e. The van der Waals surface area contributed by atoms with Crippen molar-refractivity contribution in [2.75, 3.05) is 21.3 Å². The highest BCUT2D eigenvalue weighted by Gasteiger charge is 2.31. The molecule has 208 valence electrons. The number of ether oxygens (including phenoxy) is 3. The molecule has 6 nitrogen and oxygen atoms in total. The van der Waals surface area contributed by atoms with Crippen LogP contribution < -0.4 is 29.1 Å². The van der Waals surface area contributed by atoms with Crippen molar-refractivity contribution in [1.29, 1.82) is 0 Å². The van der Waals surface area contributed by atoms with Gasteiger partial charge in [0.05, 0.1) is 37.6 Å². The van der Waals surface area contributed by atoms with Crippen molar-refractivity contribution in [3.8, 4) is 17.2 Å². The van der Waals surface area contributed by atoms with Crippen LogP contribution in [0.3, 0.4) is 0 Å². The van der Waals surface area contributed by atoms with Gasteiger partial charge in [-0.25, -0.2) is 4.99 Å². The second kappa shape index (κ2) is 11.6. The van der Waals surface area contributed by atoms with E-state index in [0.717, 1.165) is 70.1 Å². The van der Waals surface area contributed by atoms with E-state index in [-0.39, 0.29) is 11.6 Å². The van der Waals surface area contributed by atoms with Crippen LogP contribution in [0.5, 0.6) is 17.2 Å². The van der Waals surface area contributed by atoms with Gasteiger partial charge in [0.2, 0.25) is 0 Å². The van der Waals surface area contributed by atoms with Crippen LogP contribution in [0, 0.1) is 0 Å². The van der Waals surface area contributed by atoms with Crippen LogP contribution in [0.2, 0.25) is 0 Å². The molecule has 0 spiro atoms. The largest absolute Gasteiger partial charge is 0.497 e. The zero-order valence-electron chi connectivity index (χ0n) is 23.4. The third-order valence-corrected chi connectivity index (χ3v) is 8.67. The molecule has 1 aliphatic heterocycles. The number of hydrogen-bond donors (Lipinski definition) is 0. The maximum absolute atomic E-state index is 14.0. The maximum Gasteiger partial charge on any atom is 0.271 e. The zero-order chi connectivity index (χ0) is 28.3. The van der Waals surface area contributed by atoms with Gasteiger partial charge in [-0.15, -0.1) is 0 Å². The van der Waals surface area contributed by atoms with Gasteiger partial charge in [-0.05, 0) is 102 Å². The van der Waals surface area contributed by atoms with Crippen LogP contribution in [0.25, 0.3) is 12.2 Å². The normalized spacial score (nSPS) is 17.9. The molecule has 1 atom stereocenters. The highest BCUT2D eigenvalue weighted by atomic mass is 32.1. The van der Waals surface area contributed by atoms with Gasteiger partial charge in [0.15, 0.2) is 4.80 Å². The Morgan fingerprint density at radius 3 is 1.88 bits per heavy atom. The summed E-state index contributed by atoms with van der Waals surface area (Å²) in [4.78, 5) is 19.9. The maximum atomic E-state index is 14.0. The summed E-state index contributed by atoms with van der Waals surface area (Å²) < 4.78 is 18.6. The van der Waals surface area contributed by atoms with Gasteiger partial charge in [0.1, 0.15) is 17.2 Å². The van der Waals surface area contributed by atoms with E-state index in [1.807, 2.05) is 59.2 Å². The summed E-state index contributed by atoms with van der Waals surface area (Å²) in [5, 5.41) is 0. The lowest BCUT2D eigenvalue weighted by atomic mass is 9.91. The Labute approximate surface area is 243 Å². The number of hydrogen-bond acceptors (Lipinski definition) is 6. The van der Waals surface area contributed by atoms with Crippen molar-refractivity contribution < 1.29 is 14.2 Å². The standard InChI is InChI=1S/C34H32N2O4S/c1-38-26-14-8-22(9-15-26)20-25-6-4-5-7-29-31(25)35-34-36(32(29)24-12-18-28(40-3)19-13-24)33(37)30(41-34)21-23-10-16-27(39-2)17-11-23/h8-21,32H,4-7H2,1-3H3/b25-20-,30-21-. The van der Waals surface area contributed by atoms with E-state index < -0.39 is 0 Å². The minimum absolute atomic E-state index is 0.0260. The van der Waals surface area contributed by atoms with Crippen LogP contribution in [-0.2, 0) is 0 Å². The van der Waals surface area contributed by atoms with E-state index in [1.165, 1.54) is 22.5 Å². The Morgan fingerprint density at radius 2 is 1.29 bits per heavy atom. The first-order valence-corrected chi connectivity index (χ1v) is 14.6. The topological polar surface area (TPSA) is 62.0 Å². The van der Waals surface area contributed by atoms with E-state index in [4.69, 9.17) is 19.2 Å². The Hall–Kier alpha value is -4.36. The fourth-order valence-corrected chi connectivity index (χ4v) is 6.56. The lowest BCUT2D eigenvalue weighted by molar-refractivity contribution is 0.414. The van der Waals surface area contributed by atoms with E-state index in [0.29, 0.717) is 4.53 Å². The number of aromatic nitrogens is 1. The second-order valence-corrected chi connectivity index (χ2v) is 11.2. The van der Waals surface area contributed by atoms with Crippen molar-refractivity contribution in [3.05, 3.63) is 126 Å². The van der Waals surface area contributed by atoms with Gasteiger partial charge in [0.25, 0.3) is 5.56 Å². The number of thiazole rings is 1. The Bertz CT molecular complexity index is 1790. The fraction of sp³-hybridized carbons (Fsp3) is 0.235. The van der Waals surface area contributed by atoms with E-state index in [1.54, 1.807) is 21.3 Å². The van der Waals surface area contributed by atoms with Gasteiger partial charge in [-0.3, -0.25) is 9.36 Å². The molecule has 4 aromatic rings. The summed E-state index contributed by atoms with van der Waals surface area (Å²) in [6.45, 7) is 0. The first-order valence-electron chi connectivity index (χ1n) is 13.8. The third-order valence-electron chi connectivity index (χ3n) is 7.68. The summed E-state index contributed by atoms with van der Waals surface area (Å²) in [5.74, 6) is 2.40. The molecule has 0 saturated carbocycles. The lowest BCUT2D eigenvalue weighted by Crippen LogP contribution is -2.38. The molecule has 1 aromatic heterocycles. The average Bonchev–Trinajstić information content (AvgIpc) is 3.18. The summed E-state index contributed by atoms with van der Waals surface area (Å²) >= 11 is 1.44. The quantitative estimate of drug-likeness (QED) is 0.293. The van der Waals surface area contributed by atoms with Gasteiger partial charge in [-0.1, -0.05) is 47.7 Å². The number of methoxy groups -OCH3 is 3. The Morgan fingerprint density at radius 1 is 0.756 bits per heavy atom. The van der Waals surface area contributed by atoms with Crippen molar-refractivity contribution in [1.82, 2.24) is 4.57 Å². The molecule has 2 heterocycles. The number of rotatable bonds is 6. The summed E-state index contributed by atoms with van der Waals surface area (Å²) in [5.41, 5.74) is 6.48. The predicted molar refractivity (Wildman–Crippen MR) is 164 cm³/mol. The zero-order valence-corrected chi connectivity index (χ0v) is 24.2. The molecule has 1 unspecified atom stereocenters. The number of fused-ring (bicyclic) bond motifs is 1. The van der Waals surface area contributed by atoms with Crippen LogP contribution in [0.1, 0.15) is 48.4 Å². The molecule has 41 heavy (non-hydrogen) atoms. The molecule has 0 N–H and O–H groups in total. The van der Waals surface area contributed by atoms with Crippen LogP contribution in [-0.4, -0.2) is 25.9 Å². The number of allylic oxidation sites excluding steroid dienone is 2. The molecular formula is C34H32N2O4S. The first-order chi connectivity index (χ1) is 20.1. The molecule has 1 aliphatic carbocycles. The minimum Gasteiger partial charge on any atom is -0.497 e. The van der Waals surface area contributed by atoms with Crippen molar-refractivity contribution in [3.63, 3.8) is 0 Å². The highest BCUT2D eigenvalue weighted by Crippen LogP contribution is 2.40. The molecule has 6 rings (SSSR count). The molecular weight excluding hydrogens is 532 g/mol. The third kappa shape index (κ3) is 5.37. The molecule has 2 aliphatic rings. The van der Waals surface area contributed by atoms with Gasteiger partial charge in [-0.2, -0.15) is 0 Å². The van der Waals surface area contributed by atoms with Gasteiger partial charge >= 0.3 is 0 Å². The molecule has 3 aromatic carbocycles. The fourth-order valence-electron chi connectivity index (χ4n) is 5.56. The summed E-state index contributed by atoms with van der Waals surface area (Å²) in [7, 11) is 4.99. The lowest BCUT2D eigenvalue weighted by Gasteiger charge is -2.27. The van der Waals surface area contributed by atoms with Crippen LogP contribution >= 0.6 is 11.3 Å². The van der Waals surface area contributed by atoms with Gasteiger partial charge < -0.3 is 14.2 Å². The highest BCUT2D eigenvalue weighted by molar-refractivity contribution is 7.07. The molecule has 0 saturated heterocycles. The predicted octanol–water partition coefficient (Wildman–Crippen LogP) is 5.90. The molecule has 0 radical (unpaired) electrons. The van der Waals surface area contributed by atoms with E-state index in [9.17, 15) is 4.79 Å². The SMILES string of the molecule is COc1ccc(/C=C2/CCCCC3=C2N=c2s/c(=C\c4ccc(OC)cc4)c(=O)n2C3c2ccc(OC)cc2)cc1. The van der Waals surface area contributed by atoms with Crippen molar-refractivity contribution in [2.24, 2.45) is 4.99 Å². The monoisotopic (exact) mass is 564 g/mol. The average molecular weight is 565 g/mol.